The fourth-order valence-corrected chi connectivity index (χ4v) is 5.83. The Balaban J connectivity index is 1.54. The van der Waals surface area contributed by atoms with E-state index >= 15 is 0 Å². The minimum absolute atomic E-state index is 0.110. The van der Waals surface area contributed by atoms with Crippen molar-refractivity contribution in [1.82, 2.24) is 4.90 Å². The monoisotopic (exact) mass is 509 g/mol. The van der Waals surface area contributed by atoms with Crippen molar-refractivity contribution in [3.63, 3.8) is 0 Å². The molecule has 1 fully saturated rings. The second-order valence-corrected chi connectivity index (χ2v) is 11.0. The Kier molecular flexibility index (Phi) is 6.84. The number of thioether (sulfide) groups is 1. The first-order valence-corrected chi connectivity index (χ1v) is 12.6. The third-order valence-corrected chi connectivity index (χ3v) is 7.14. The van der Waals surface area contributed by atoms with Gasteiger partial charge in [0.25, 0.3) is 11.1 Å². The van der Waals surface area contributed by atoms with E-state index in [0.717, 1.165) is 33.5 Å². The minimum Gasteiger partial charge on any atom is -0.360 e. The maximum absolute atomic E-state index is 12.9. The van der Waals surface area contributed by atoms with E-state index in [2.05, 4.69) is 57.0 Å². The molecule has 35 heavy (non-hydrogen) atoms. The number of carbonyl (C=O) groups is 3. The number of rotatable bonds is 5. The van der Waals surface area contributed by atoms with E-state index < -0.39 is 17.1 Å². The fraction of sp³-hybridized carbons (Fsp3) is 0.296. The first-order valence-electron chi connectivity index (χ1n) is 11.4. The predicted molar refractivity (Wildman–Crippen MR) is 145 cm³/mol. The van der Waals surface area contributed by atoms with E-state index in [1.54, 1.807) is 30.3 Å². The van der Waals surface area contributed by atoms with Crippen LogP contribution in [0.3, 0.4) is 0 Å². The van der Waals surface area contributed by atoms with E-state index in [0.29, 0.717) is 21.7 Å². The lowest BCUT2D eigenvalue weighted by molar-refractivity contribution is -0.127. The molecule has 0 spiro atoms. The highest BCUT2D eigenvalue weighted by molar-refractivity contribution is 8.18. The molecule has 6 nitrogen and oxygen atoms in total. The molecule has 2 aromatic carbocycles. The molecule has 8 heteroatoms. The molecular formula is C27H28ClN3O3S. The summed E-state index contributed by atoms with van der Waals surface area (Å²) in [4.78, 5) is 41.5. The van der Waals surface area contributed by atoms with Gasteiger partial charge in [-0.25, -0.2) is 0 Å². The number of hydrogen-bond donors (Lipinski definition) is 1. The van der Waals surface area contributed by atoms with Gasteiger partial charge in [-0.1, -0.05) is 29.8 Å². The van der Waals surface area contributed by atoms with Crippen LogP contribution in [0.2, 0.25) is 5.02 Å². The number of anilines is 2. The van der Waals surface area contributed by atoms with Crippen LogP contribution in [0.4, 0.5) is 16.2 Å². The maximum Gasteiger partial charge on any atom is 0.294 e. The Bertz CT molecular complexity index is 1280. The Labute approximate surface area is 215 Å². The number of fused-ring (bicyclic) bond motifs is 1. The molecule has 0 unspecified atom stereocenters. The highest BCUT2D eigenvalue weighted by Gasteiger charge is 2.37. The zero-order valence-electron chi connectivity index (χ0n) is 20.4. The van der Waals surface area contributed by atoms with Gasteiger partial charge in [-0.15, -0.1) is 0 Å². The summed E-state index contributed by atoms with van der Waals surface area (Å²) in [5, 5.41) is 2.68. The quantitative estimate of drug-likeness (QED) is 0.470. The lowest BCUT2D eigenvalue weighted by atomic mass is 9.87. The van der Waals surface area contributed by atoms with Crippen molar-refractivity contribution in [2.24, 2.45) is 0 Å². The molecule has 2 aliphatic heterocycles. The molecule has 182 valence electrons. The van der Waals surface area contributed by atoms with E-state index in [9.17, 15) is 14.4 Å². The van der Waals surface area contributed by atoms with Crippen molar-refractivity contribution in [3.8, 4) is 0 Å². The van der Waals surface area contributed by atoms with Gasteiger partial charge in [-0.05, 0) is 93.9 Å². The number of allylic oxidation sites excluding steroid dienone is 1. The van der Waals surface area contributed by atoms with Crippen LogP contribution in [0.1, 0.15) is 45.7 Å². The van der Waals surface area contributed by atoms with Gasteiger partial charge in [0, 0.05) is 28.0 Å². The number of hydrogen-bond acceptors (Lipinski definition) is 5. The molecule has 0 bridgehead atoms. The van der Waals surface area contributed by atoms with Crippen molar-refractivity contribution in [2.45, 2.75) is 46.2 Å². The molecule has 2 aliphatic rings. The topological polar surface area (TPSA) is 69.7 Å². The van der Waals surface area contributed by atoms with Gasteiger partial charge in [0.05, 0.1) is 10.4 Å². The summed E-state index contributed by atoms with van der Waals surface area (Å²) < 4.78 is 0. The molecule has 1 N–H and O–H groups in total. The summed E-state index contributed by atoms with van der Waals surface area (Å²) in [6.45, 7) is 10.5. The largest absolute Gasteiger partial charge is 0.360 e. The first kappa shape index (κ1) is 25.1. The Morgan fingerprint density at radius 1 is 1.17 bits per heavy atom. The number of halogens is 1. The second kappa shape index (κ2) is 9.55. The van der Waals surface area contributed by atoms with Crippen LogP contribution in [0.15, 0.2) is 53.4 Å². The highest BCUT2D eigenvalue weighted by atomic mass is 35.5. The molecular weight excluding hydrogens is 482 g/mol. The number of imide groups is 1. The maximum atomic E-state index is 12.9. The smallest absolute Gasteiger partial charge is 0.294 e. The van der Waals surface area contributed by atoms with E-state index in [1.165, 1.54) is 5.57 Å². The zero-order chi connectivity index (χ0) is 25.5. The number of benzene rings is 2. The third kappa shape index (κ3) is 5.16. The van der Waals surface area contributed by atoms with Crippen molar-refractivity contribution in [2.75, 3.05) is 16.8 Å². The Hall–Kier alpha value is -3.03. The summed E-state index contributed by atoms with van der Waals surface area (Å²) >= 11 is 6.79. The van der Waals surface area contributed by atoms with Crippen LogP contribution in [0.5, 0.6) is 0 Å². The summed E-state index contributed by atoms with van der Waals surface area (Å²) in [7, 11) is 0. The van der Waals surface area contributed by atoms with Gasteiger partial charge in [0.2, 0.25) is 5.91 Å². The normalized spacial score (nSPS) is 18.3. The highest BCUT2D eigenvalue weighted by Crippen LogP contribution is 2.41. The third-order valence-electron chi connectivity index (χ3n) is 5.99. The summed E-state index contributed by atoms with van der Waals surface area (Å²) in [5.41, 5.74) is 4.64. The summed E-state index contributed by atoms with van der Waals surface area (Å²) in [5.74, 6) is -0.946. The summed E-state index contributed by atoms with van der Waals surface area (Å²) in [6, 6.07) is 13.1. The lowest BCUT2D eigenvalue weighted by Crippen LogP contribution is -2.49. The standard InChI is InChI=1S/C27H28ClN3O3S/c1-16(2)31-22-10-9-18(11-21(22)17(3)14-27(31,4)5)12-23-25(33)30(26(34)35-23)15-24(32)29-20-8-6-7-19(28)13-20/h6-14,16H,15H2,1-5H3,(H,29,32)/b23-12-. The molecule has 3 amide bonds. The van der Waals surface area contributed by atoms with Gasteiger partial charge < -0.3 is 10.2 Å². The number of nitrogens with zero attached hydrogens (tertiary/aromatic N) is 2. The van der Waals surface area contributed by atoms with Crippen LogP contribution < -0.4 is 10.2 Å². The van der Waals surface area contributed by atoms with Crippen LogP contribution in [-0.4, -0.2) is 40.1 Å². The molecule has 1 saturated heterocycles. The van der Waals surface area contributed by atoms with Crippen molar-refractivity contribution >= 4 is 63.4 Å². The van der Waals surface area contributed by atoms with Crippen LogP contribution in [-0.2, 0) is 9.59 Å². The molecule has 2 aromatic rings. The van der Waals surface area contributed by atoms with Crippen LogP contribution in [0, 0.1) is 0 Å². The molecule has 4 rings (SSSR count). The van der Waals surface area contributed by atoms with Crippen LogP contribution in [0.25, 0.3) is 11.6 Å². The van der Waals surface area contributed by atoms with E-state index in [-0.39, 0.29) is 12.1 Å². The minimum atomic E-state index is -0.476. The Morgan fingerprint density at radius 3 is 2.60 bits per heavy atom. The molecule has 0 saturated carbocycles. The number of carbonyl (C=O) groups excluding carboxylic acids is 3. The predicted octanol–water partition coefficient (Wildman–Crippen LogP) is 6.43. The van der Waals surface area contributed by atoms with Gasteiger partial charge in [0.1, 0.15) is 6.54 Å². The molecule has 0 aliphatic carbocycles. The van der Waals surface area contributed by atoms with Gasteiger partial charge in [0.15, 0.2) is 0 Å². The first-order chi connectivity index (χ1) is 16.5. The molecule has 0 radical (unpaired) electrons. The van der Waals surface area contributed by atoms with Gasteiger partial charge >= 0.3 is 0 Å². The second-order valence-electron chi connectivity index (χ2n) is 9.55. The number of nitrogens with one attached hydrogen (secondary N) is 1. The summed E-state index contributed by atoms with van der Waals surface area (Å²) in [6.07, 6.45) is 3.97. The lowest BCUT2D eigenvalue weighted by Gasteiger charge is -2.46. The molecule has 0 aromatic heterocycles. The molecule has 2 heterocycles. The SMILES string of the molecule is CC1=CC(C)(C)N(C(C)C)c2ccc(/C=C3\SC(=O)N(CC(=O)Nc4cccc(Cl)c4)C3=O)cc21. The molecule has 0 atom stereocenters. The van der Waals surface area contributed by atoms with E-state index in [4.69, 9.17) is 11.6 Å². The van der Waals surface area contributed by atoms with Crippen LogP contribution >= 0.6 is 23.4 Å². The zero-order valence-corrected chi connectivity index (χ0v) is 22.0. The Morgan fingerprint density at radius 2 is 1.91 bits per heavy atom. The van der Waals surface area contributed by atoms with E-state index in [1.807, 2.05) is 12.1 Å². The average molecular weight is 510 g/mol. The number of amides is 3. The average Bonchev–Trinajstić information content (AvgIpc) is 3.00. The van der Waals surface area contributed by atoms with Crippen molar-refractivity contribution < 1.29 is 14.4 Å². The van der Waals surface area contributed by atoms with Crippen molar-refractivity contribution in [1.29, 1.82) is 0 Å². The fourth-order valence-electron chi connectivity index (χ4n) is 4.80. The van der Waals surface area contributed by atoms with Gasteiger partial charge in [-0.2, -0.15) is 0 Å². The van der Waals surface area contributed by atoms with Crippen molar-refractivity contribution in [3.05, 3.63) is 69.6 Å². The van der Waals surface area contributed by atoms with Gasteiger partial charge in [-0.3, -0.25) is 19.3 Å².